The monoisotopic (exact) mass is 342 g/mol. The maximum absolute atomic E-state index is 12.3. The molecular weight excluding hydrogens is 320 g/mol. The fourth-order valence-corrected chi connectivity index (χ4v) is 3.76. The molecule has 0 atom stereocenters. The number of hydrogen-bond donors (Lipinski definition) is 1. The maximum Gasteiger partial charge on any atom is 0.252 e. The van der Waals surface area contributed by atoms with Crippen molar-refractivity contribution in [1.82, 2.24) is 10.2 Å². The van der Waals surface area contributed by atoms with E-state index < -0.39 is 0 Å². The molecule has 2 aromatic rings. The standard InChI is InChI=1S/C19H22N2O2S/c22-18(6-10-20-19(23)17-9-13-24-14-17)21-11-7-16(8-12-21)15-4-2-1-3-5-15/h1-5,9,13-14,16H,6-8,10-12H2,(H,20,23). The van der Waals surface area contributed by atoms with Gasteiger partial charge in [0.25, 0.3) is 5.91 Å². The van der Waals surface area contributed by atoms with Crippen molar-refractivity contribution in [2.45, 2.75) is 25.2 Å². The van der Waals surface area contributed by atoms with Crippen LogP contribution in [0.2, 0.25) is 0 Å². The van der Waals surface area contributed by atoms with Crippen LogP contribution in [-0.2, 0) is 4.79 Å². The van der Waals surface area contributed by atoms with Crippen LogP contribution in [0.5, 0.6) is 0 Å². The van der Waals surface area contributed by atoms with Crippen molar-refractivity contribution in [1.29, 1.82) is 0 Å². The van der Waals surface area contributed by atoms with Gasteiger partial charge in [-0.05, 0) is 35.8 Å². The van der Waals surface area contributed by atoms with E-state index in [4.69, 9.17) is 0 Å². The van der Waals surface area contributed by atoms with Crippen LogP contribution in [0.25, 0.3) is 0 Å². The SMILES string of the molecule is O=C(NCCC(=O)N1CCC(c2ccccc2)CC1)c1ccsc1. The molecule has 0 saturated carbocycles. The van der Waals surface area contributed by atoms with Gasteiger partial charge in [0, 0.05) is 37.0 Å². The number of nitrogens with one attached hydrogen (secondary N) is 1. The lowest BCUT2D eigenvalue weighted by atomic mass is 9.89. The molecule has 0 aliphatic carbocycles. The Hall–Kier alpha value is -2.14. The lowest BCUT2D eigenvalue weighted by Crippen LogP contribution is -2.39. The van der Waals surface area contributed by atoms with Crippen LogP contribution < -0.4 is 5.32 Å². The molecule has 0 unspecified atom stereocenters. The third-order valence-electron chi connectivity index (χ3n) is 4.53. The van der Waals surface area contributed by atoms with Gasteiger partial charge < -0.3 is 10.2 Å². The van der Waals surface area contributed by atoms with Gasteiger partial charge in [0.1, 0.15) is 0 Å². The molecule has 0 bridgehead atoms. The van der Waals surface area contributed by atoms with Gasteiger partial charge in [-0.3, -0.25) is 9.59 Å². The molecule has 2 heterocycles. The van der Waals surface area contributed by atoms with E-state index in [0.717, 1.165) is 25.9 Å². The number of likely N-dealkylation sites (tertiary alicyclic amines) is 1. The predicted molar refractivity (Wildman–Crippen MR) is 96.3 cm³/mol. The van der Waals surface area contributed by atoms with Crippen molar-refractivity contribution in [3.05, 3.63) is 58.3 Å². The summed E-state index contributed by atoms with van der Waals surface area (Å²) in [7, 11) is 0. The summed E-state index contributed by atoms with van der Waals surface area (Å²) < 4.78 is 0. The Labute approximate surface area is 146 Å². The van der Waals surface area contributed by atoms with Gasteiger partial charge in [-0.1, -0.05) is 30.3 Å². The highest BCUT2D eigenvalue weighted by Crippen LogP contribution is 2.27. The van der Waals surface area contributed by atoms with E-state index in [1.165, 1.54) is 16.9 Å². The van der Waals surface area contributed by atoms with E-state index in [9.17, 15) is 9.59 Å². The number of nitrogens with zero attached hydrogens (tertiary/aromatic N) is 1. The summed E-state index contributed by atoms with van der Waals surface area (Å²) in [5.41, 5.74) is 2.03. The van der Waals surface area contributed by atoms with Crippen LogP contribution in [-0.4, -0.2) is 36.3 Å². The predicted octanol–water partition coefficient (Wildman–Crippen LogP) is 3.27. The topological polar surface area (TPSA) is 49.4 Å². The van der Waals surface area contributed by atoms with Gasteiger partial charge in [-0.15, -0.1) is 0 Å². The van der Waals surface area contributed by atoms with Crippen molar-refractivity contribution in [3.8, 4) is 0 Å². The Balaban J connectivity index is 1.40. The molecule has 1 saturated heterocycles. The minimum atomic E-state index is -0.105. The fourth-order valence-electron chi connectivity index (χ4n) is 3.12. The summed E-state index contributed by atoms with van der Waals surface area (Å²) in [5, 5.41) is 6.49. The highest BCUT2D eigenvalue weighted by Gasteiger charge is 2.23. The number of thiophene rings is 1. The third kappa shape index (κ3) is 4.23. The van der Waals surface area contributed by atoms with Crippen LogP contribution in [0.3, 0.4) is 0 Å². The number of hydrogen-bond acceptors (Lipinski definition) is 3. The zero-order valence-electron chi connectivity index (χ0n) is 13.6. The number of amides is 2. The van der Waals surface area contributed by atoms with Crippen LogP contribution in [0.15, 0.2) is 47.2 Å². The molecule has 1 fully saturated rings. The molecule has 1 aliphatic heterocycles. The molecule has 1 aromatic heterocycles. The van der Waals surface area contributed by atoms with E-state index in [1.807, 2.05) is 21.7 Å². The number of carbonyl (C=O) groups is 2. The normalized spacial score (nSPS) is 15.2. The first kappa shape index (κ1) is 16.7. The van der Waals surface area contributed by atoms with Crippen molar-refractivity contribution in [2.24, 2.45) is 0 Å². The van der Waals surface area contributed by atoms with Crippen LogP contribution in [0.1, 0.15) is 41.1 Å². The molecule has 4 nitrogen and oxygen atoms in total. The van der Waals surface area contributed by atoms with Gasteiger partial charge in [-0.2, -0.15) is 11.3 Å². The first-order valence-corrected chi connectivity index (χ1v) is 9.31. The summed E-state index contributed by atoms with van der Waals surface area (Å²) in [5.74, 6) is 0.576. The van der Waals surface area contributed by atoms with E-state index in [0.29, 0.717) is 24.4 Å². The van der Waals surface area contributed by atoms with Gasteiger partial charge in [-0.25, -0.2) is 0 Å². The highest BCUT2D eigenvalue weighted by atomic mass is 32.1. The average molecular weight is 342 g/mol. The summed E-state index contributed by atoms with van der Waals surface area (Å²) in [4.78, 5) is 26.0. The Bertz CT molecular complexity index is 662. The zero-order chi connectivity index (χ0) is 16.8. The van der Waals surface area contributed by atoms with Crippen LogP contribution in [0.4, 0.5) is 0 Å². The zero-order valence-corrected chi connectivity index (χ0v) is 14.4. The highest BCUT2D eigenvalue weighted by molar-refractivity contribution is 7.08. The van der Waals surface area contributed by atoms with Crippen molar-refractivity contribution >= 4 is 23.2 Å². The Morgan fingerprint density at radius 1 is 1.12 bits per heavy atom. The lowest BCUT2D eigenvalue weighted by Gasteiger charge is -2.32. The quantitative estimate of drug-likeness (QED) is 0.906. The fraction of sp³-hybridized carbons (Fsp3) is 0.368. The summed E-state index contributed by atoms with van der Waals surface area (Å²) in [6.07, 6.45) is 2.39. The van der Waals surface area contributed by atoms with E-state index >= 15 is 0 Å². The number of rotatable bonds is 5. The summed E-state index contributed by atoms with van der Waals surface area (Å²) in [6.45, 7) is 2.00. The van der Waals surface area contributed by atoms with E-state index in [2.05, 4.69) is 29.6 Å². The maximum atomic E-state index is 12.3. The van der Waals surface area contributed by atoms with Gasteiger partial charge in [0.05, 0.1) is 0 Å². The Kier molecular flexibility index (Phi) is 5.64. The van der Waals surface area contributed by atoms with Crippen molar-refractivity contribution in [2.75, 3.05) is 19.6 Å². The number of piperidine rings is 1. The third-order valence-corrected chi connectivity index (χ3v) is 5.21. The smallest absolute Gasteiger partial charge is 0.252 e. The molecule has 0 spiro atoms. The van der Waals surface area contributed by atoms with Crippen molar-refractivity contribution < 1.29 is 9.59 Å². The molecule has 1 aliphatic rings. The molecular formula is C19H22N2O2S. The summed E-state index contributed by atoms with van der Waals surface area (Å²) in [6, 6.07) is 12.3. The molecule has 3 rings (SSSR count). The average Bonchev–Trinajstić information content (AvgIpc) is 3.17. The van der Waals surface area contributed by atoms with Gasteiger partial charge in [0.2, 0.25) is 5.91 Å². The molecule has 5 heteroatoms. The first-order chi connectivity index (χ1) is 11.7. The number of carbonyl (C=O) groups excluding carboxylic acids is 2. The molecule has 24 heavy (non-hydrogen) atoms. The largest absolute Gasteiger partial charge is 0.351 e. The minimum Gasteiger partial charge on any atom is -0.351 e. The molecule has 1 N–H and O–H groups in total. The Morgan fingerprint density at radius 3 is 2.54 bits per heavy atom. The minimum absolute atomic E-state index is 0.105. The molecule has 126 valence electrons. The van der Waals surface area contributed by atoms with E-state index in [-0.39, 0.29) is 11.8 Å². The Morgan fingerprint density at radius 2 is 1.88 bits per heavy atom. The molecule has 1 aromatic carbocycles. The number of benzene rings is 1. The second-order valence-corrected chi connectivity index (χ2v) is 6.86. The van der Waals surface area contributed by atoms with Crippen molar-refractivity contribution in [3.63, 3.8) is 0 Å². The van der Waals surface area contributed by atoms with Crippen LogP contribution >= 0.6 is 11.3 Å². The first-order valence-electron chi connectivity index (χ1n) is 8.37. The van der Waals surface area contributed by atoms with Crippen LogP contribution in [0, 0.1) is 0 Å². The lowest BCUT2D eigenvalue weighted by molar-refractivity contribution is -0.132. The summed E-state index contributed by atoms with van der Waals surface area (Å²) >= 11 is 1.49. The second-order valence-electron chi connectivity index (χ2n) is 6.08. The second kappa shape index (κ2) is 8.11. The van der Waals surface area contributed by atoms with E-state index in [1.54, 1.807) is 6.07 Å². The van der Waals surface area contributed by atoms with Gasteiger partial charge >= 0.3 is 0 Å². The van der Waals surface area contributed by atoms with Gasteiger partial charge in [0.15, 0.2) is 0 Å². The molecule has 0 radical (unpaired) electrons. The molecule has 2 amide bonds.